The summed E-state index contributed by atoms with van der Waals surface area (Å²) in [5, 5.41) is 4.99. The van der Waals surface area contributed by atoms with Crippen LogP contribution in [0.3, 0.4) is 0 Å². The first-order chi connectivity index (χ1) is 6.68. The van der Waals surface area contributed by atoms with Crippen LogP contribution in [0.15, 0.2) is 22.9 Å². The summed E-state index contributed by atoms with van der Waals surface area (Å²) in [5.41, 5.74) is -3.19. The number of allylic oxidation sites excluding steroid dienone is 1. The maximum atomic E-state index is 12.1. The van der Waals surface area contributed by atoms with E-state index in [2.05, 4.69) is 16.8 Å². The van der Waals surface area contributed by atoms with Crippen LogP contribution in [-0.2, 0) is 0 Å². The molecule has 2 nitrogen and oxygen atoms in total. The van der Waals surface area contributed by atoms with Crippen LogP contribution in [0.1, 0.15) is 0 Å². The Labute approximate surface area is 129 Å². The molecular formula is C7H4F6KN2+. The Bertz CT molecular complexity index is 310. The normalized spacial score (nSPS) is 17.6. The van der Waals surface area contributed by atoms with E-state index in [1.165, 1.54) is 0 Å². The molecule has 0 fully saturated rings. The van der Waals surface area contributed by atoms with E-state index in [0.29, 0.717) is 6.08 Å². The number of rotatable bonds is 1. The van der Waals surface area contributed by atoms with Gasteiger partial charge in [-0.25, -0.2) is 0 Å². The molecule has 0 amide bonds. The van der Waals surface area contributed by atoms with Gasteiger partial charge in [0.15, 0.2) is 11.4 Å². The third-order valence-corrected chi connectivity index (χ3v) is 1.67. The summed E-state index contributed by atoms with van der Waals surface area (Å²) in [6, 6.07) is 0. The van der Waals surface area contributed by atoms with Crippen molar-refractivity contribution in [3.63, 3.8) is 0 Å². The number of hydrogen-bond donors (Lipinski definition) is 0. The molecule has 0 aromatic carbocycles. The first-order valence-electron chi connectivity index (χ1n) is 3.60. The monoisotopic (exact) mass is 269 g/mol. The van der Waals surface area contributed by atoms with Crippen molar-refractivity contribution < 1.29 is 77.7 Å². The summed E-state index contributed by atoms with van der Waals surface area (Å²) in [7, 11) is 0. The second-order valence-electron chi connectivity index (χ2n) is 2.68. The molecule has 0 aromatic heterocycles. The molecule has 0 saturated carbocycles. The molecule has 0 aromatic rings. The fourth-order valence-electron chi connectivity index (χ4n) is 1.05. The Morgan fingerprint density at radius 3 is 1.44 bits per heavy atom. The molecule has 0 spiro atoms. The zero-order chi connectivity index (χ0) is 11.9. The maximum absolute atomic E-state index is 12.1. The van der Waals surface area contributed by atoms with Crippen molar-refractivity contribution in [1.29, 1.82) is 0 Å². The van der Waals surface area contributed by atoms with Crippen LogP contribution < -0.4 is 51.4 Å². The van der Waals surface area contributed by atoms with Gasteiger partial charge in [-0.1, -0.05) is 6.08 Å². The molecular weight excluding hydrogens is 265 g/mol. The summed E-state index contributed by atoms with van der Waals surface area (Å²) in [6.45, 7) is 2.91. The van der Waals surface area contributed by atoms with Gasteiger partial charge in [-0.2, -0.15) is 26.3 Å². The van der Waals surface area contributed by atoms with Gasteiger partial charge in [0.05, 0.1) is 5.92 Å². The van der Waals surface area contributed by atoms with E-state index in [1.54, 1.807) is 0 Å². The minimum Gasteiger partial charge on any atom is -0.165 e. The van der Waals surface area contributed by atoms with Crippen molar-refractivity contribution >= 4 is 11.4 Å². The smallest absolute Gasteiger partial charge is 0.165 e. The molecule has 1 rings (SSSR count). The van der Waals surface area contributed by atoms with Crippen LogP contribution in [-0.4, -0.2) is 23.8 Å². The van der Waals surface area contributed by atoms with E-state index < -0.39 is 29.7 Å². The van der Waals surface area contributed by atoms with Gasteiger partial charge in [0.1, 0.15) is 0 Å². The topological polar surface area (TPSA) is 24.7 Å². The van der Waals surface area contributed by atoms with Crippen molar-refractivity contribution in [3.05, 3.63) is 12.7 Å². The van der Waals surface area contributed by atoms with Gasteiger partial charge >= 0.3 is 63.7 Å². The van der Waals surface area contributed by atoms with Crippen LogP contribution in [0.25, 0.3) is 0 Å². The first-order valence-corrected chi connectivity index (χ1v) is 3.60. The zero-order valence-electron chi connectivity index (χ0n) is 8.02. The SMILES string of the molecule is C=CC1C(C(F)(F)F)=NN=C1C(F)(F)F.[K+]. The molecule has 0 radical (unpaired) electrons. The van der Waals surface area contributed by atoms with Crippen LogP contribution >= 0.6 is 0 Å². The van der Waals surface area contributed by atoms with E-state index in [9.17, 15) is 26.3 Å². The van der Waals surface area contributed by atoms with E-state index in [4.69, 9.17) is 0 Å². The molecule has 0 aliphatic carbocycles. The second kappa shape index (κ2) is 5.30. The average molecular weight is 269 g/mol. The van der Waals surface area contributed by atoms with E-state index in [1.807, 2.05) is 0 Å². The Kier molecular flexibility index (Phi) is 5.39. The zero-order valence-corrected chi connectivity index (χ0v) is 11.1. The Morgan fingerprint density at radius 1 is 0.938 bits per heavy atom. The summed E-state index contributed by atoms with van der Waals surface area (Å²) in [4.78, 5) is 0. The largest absolute Gasteiger partial charge is 1.00 e. The van der Waals surface area contributed by atoms with E-state index in [-0.39, 0.29) is 51.4 Å². The third-order valence-electron chi connectivity index (χ3n) is 1.67. The summed E-state index contributed by atoms with van der Waals surface area (Å²) in [5.74, 6) is -2.04. The quantitative estimate of drug-likeness (QED) is 0.356. The van der Waals surface area contributed by atoms with Gasteiger partial charge in [-0.05, 0) is 0 Å². The summed E-state index contributed by atoms with van der Waals surface area (Å²) >= 11 is 0. The number of halogens is 6. The second-order valence-corrected chi connectivity index (χ2v) is 2.68. The molecule has 1 aliphatic heterocycles. The fourth-order valence-corrected chi connectivity index (χ4v) is 1.05. The van der Waals surface area contributed by atoms with Gasteiger partial charge in [0, 0.05) is 0 Å². The number of alkyl halides is 6. The van der Waals surface area contributed by atoms with E-state index >= 15 is 0 Å². The fraction of sp³-hybridized carbons (Fsp3) is 0.429. The van der Waals surface area contributed by atoms with Crippen molar-refractivity contribution in [2.24, 2.45) is 16.1 Å². The standard InChI is InChI=1S/C7H4F6N2.K/c1-2-3-4(6(8,9)10)14-15-5(3)7(11,12)13;/h2-3H,1H2;/q;+1. The molecule has 1 heterocycles. The van der Waals surface area contributed by atoms with Gasteiger partial charge in [0.2, 0.25) is 0 Å². The van der Waals surface area contributed by atoms with Crippen LogP contribution in [0, 0.1) is 5.92 Å². The molecule has 0 N–H and O–H groups in total. The van der Waals surface area contributed by atoms with Gasteiger partial charge in [0.25, 0.3) is 0 Å². The molecule has 0 unspecified atom stereocenters. The molecule has 0 saturated heterocycles. The predicted octanol–water partition coefficient (Wildman–Crippen LogP) is -0.272. The van der Waals surface area contributed by atoms with Crippen molar-refractivity contribution in [2.45, 2.75) is 12.4 Å². The molecule has 84 valence electrons. The Balaban J connectivity index is 0.00000225. The molecule has 1 aliphatic rings. The van der Waals surface area contributed by atoms with Gasteiger partial charge in [-0.3, -0.25) is 0 Å². The van der Waals surface area contributed by atoms with Gasteiger partial charge in [-0.15, -0.1) is 16.8 Å². The van der Waals surface area contributed by atoms with Crippen LogP contribution in [0.4, 0.5) is 26.3 Å². The third kappa shape index (κ3) is 3.39. The van der Waals surface area contributed by atoms with Crippen molar-refractivity contribution in [2.75, 3.05) is 0 Å². The molecule has 0 bridgehead atoms. The number of nitrogens with zero attached hydrogens (tertiary/aromatic N) is 2. The predicted molar refractivity (Wildman–Crippen MR) is 40.7 cm³/mol. The van der Waals surface area contributed by atoms with Crippen molar-refractivity contribution in [1.82, 2.24) is 0 Å². The van der Waals surface area contributed by atoms with E-state index in [0.717, 1.165) is 0 Å². The minimum atomic E-state index is -4.94. The minimum absolute atomic E-state index is 0. The van der Waals surface area contributed by atoms with Gasteiger partial charge < -0.3 is 0 Å². The van der Waals surface area contributed by atoms with Crippen molar-refractivity contribution in [3.8, 4) is 0 Å². The first kappa shape index (κ1) is 16.3. The maximum Gasteiger partial charge on any atom is 1.00 e. The summed E-state index contributed by atoms with van der Waals surface area (Å²) in [6.07, 6.45) is -9.35. The average Bonchev–Trinajstić information content (AvgIpc) is 2.43. The Morgan fingerprint density at radius 2 is 1.25 bits per heavy atom. The summed E-state index contributed by atoms with van der Waals surface area (Å²) < 4.78 is 72.8. The Hall–Kier alpha value is 0.296. The van der Waals surface area contributed by atoms with Crippen LogP contribution in [0.5, 0.6) is 0 Å². The molecule has 9 heteroatoms. The van der Waals surface area contributed by atoms with Crippen LogP contribution in [0.2, 0.25) is 0 Å². The number of hydrogen-bond acceptors (Lipinski definition) is 2. The molecule has 16 heavy (non-hydrogen) atoms. The molecule has 0 atom stereocenters.